The quantitative estimate of drug-likeness (QED) is 0.455. The fraction of sp³-hybridized carbons (Fsp3) is 1.00. The van der Waals surface area contributed by atoms with Crippen LogP contribution in [0.2, 0.25) is 0 Å². The number of hydrogen-bond acceptors (Lipinski definition) is 2. The summed E-state index contributed by atoms with van der Waals surface area (Å²) in [5.41, 5.74) is 0. The average Bonchev–Trinajstić information content (AvgIpc) is 1.84. The largest absolute Gasteiger partial charge is 0.239 e. The Balaban J connectivity index is 2.90. The van der Waals surface area contributed by atoms with Gasteiger partial charge in [-0.15, -0.1) is 0 Å². The van der Waals surface area contributed by atoms with E-state index in [0.29, 0.717) is 0 Å². The van der Waals surface area contributed by atoms with Gasteiger partial charge in [-0.1, -0.05) is 0 Å². The summed E-state index contributed by atoms with van der Waals surface area (Å²) in [6.45, 7) is -0.894. The van der Waals surface area contributed by atoms with Gasteiger partial charge in [0.25, 0.3) is 0 Å². The molecule has 0 aromatic carbocycles. The fourth-order valence-electron chi connectivity index (χ4n) is 0.508. The van der Waals surface area contributed by atoms with Crippen LogP contribution in [0.5, 0.6) is 0 Å². The Bertz CT molecular complexity index is 170. The SMILES string of the molecule is O=S1(I)=NCCC1. The smallest absolute Gasteiger partial charge is 0.102 e. The lowest BCUT2D eigenvalue weighted by molar-refractivity contribution is 0.689. The topological polar surface area (TPSA) is 29.4 Å². The summed E-state index contributed by atoms with van der Waals surface area (Å²) < 4.78 is 14.7. The van der Waals surface area contributed by atoms with Crippen molar-refractivity contribution in [2.24, 2.45) is 4.36 Å². The highest BCUT2D eigenvalue weighted by atomic mass is 127. The lowest BCUT2D eigenvalue weighted by Gasteiger charge is -1.82. The number of rotatable bonds is 0. The highest BCUT2D eigenvalue weighted by Crippen LogP contribution is 2.14. The molecule has 0 N–H and O–H groups in total. The van der Waals surface area contributed by atoms with Gasteiger partial charge in [0.05, 0.1) is 6.54 Å². The Morgan fingerprint density at radius 3 is 2.57 bits per heavy atom. The third kappa shape index (κ3) is 1.56. The molecule has 2 nitrogen and oxygen atoms in total. The van der Waals surface area contributed by atoms with Crippen LogP contribution in [0.25, 0.3) is 0 Å². The molecule has 1 aliphatic rings. The minimum absolute atomic E-state index is 0.799. The van der Waals surface area contributed by atoms with Crippen LogP contribution in [-0.2, 0) is 6.90 Å². The second-order valence-corrected chi connectivity index (χ2v) is 7.39. The van der Waals surface area contributed by atoms with Gasteiger partial charge in [-0.2, -0.15) is 0 Å². The molecule has 1 atom stereocenters. The third-order valence-corrected chi connectivity index (χ3v) is 4.36. The molecule has 0 aliphatic carbocycles. The van der Waals surface area contributed by atoms with E-state index in [4.69, 9.17) is 0 Å². The highest BCUT2D eigenvalue weighted by Gasteiger charge is 2.07. The minimum Gasteiger partial charge on any atom is -0.239 e. The van der Waals surface area contributed by atoms with Crippen LogP contribution in [0.4, 0.5) is 0 Å². The molecule has 0 amide bonds. The van der Waals surface area contributed by atoms with E-state index in [1.807, 2.05) is 21.2 Å². The number of nitrogens with zero attached hydrogens (tertiary/aromatic N) is 1. The van der Waals surface area contributed by atoms with Crippen LogP contribution in [0.3, 0.4) is 0 Å². The van der Waals surface area contributed by atoms with Crippen molar-refractivity contribution in [3.63, 3.8) is 0 Å². The van der Waals surface area contributed by atoms with E-state index < -0.39 is 6.90 Å². The van der Waals surface area contributed by atoms with Gasteiger partial charge in [0.2, 0.25) is 0 Å². The summed E-state index contributed by atoms with van der Waals surface area (Å²) in [4.78, 5) is 0. The van der Waals surface area contributed by atoms with Crippen LogP contribution in [0, 0.1) is 0 Å². The van der Waals surface area contributed by atoms with Crippen molar-refractivity contribution in [1.29, 1.82) is 0 Å². The van der Waals surface area contributed by atoms with Gasteiger partial charge in [-0.05, 0) is 6.42 Å². The van der Waals surface area contributed by atoms with Crippen molar-refractivity contribution >= 4 is 28.1 Å². The maximum atomic E-state index is 10.8. The Kier molecular flexibility index (Phi) is 1.57. The van der Waals surface area contributed by atoms with E-state index in [9.17, 15) is 4.21 Å². The van der Waals surface area contributed by atoms with Crippen LogP contribution in [0.1, 0.15) is 6.42 Å². The first-order valence-corrected chi connectivity index (χ1v) is 6.34. The van der Waals surface area contributed by atoms with E-state index in [1.54, 1.807) is 0 Å². The summed E-state index contributed by atoms with van der Waals surface area (Å²) in [6, 6.07) is 0. The summed E-state index contributed by atoms with van der Waals surface area (Å²) in [5.74, 6) is 0.799. The molecule has 1 heterocycles. The predicted octanol–water partition coefficient (Wildman–Crippen LogP) is 1.21. The van der Waals surface area contributed by atoms with Gasteiger partial charge in [0, 0.05) is 27.0 Å². The molecule has 7 heavy (non-hydrogen) atoms. The molecule has 0 saturated carbocycles. The normalized spacial score (nSPS) is 40.7. The molecule has 1 rings (SSSR count). The highest BCUT2D eigenvalue weighted by molar-refractivity contribution is 14.2. The van der Waals surface area contributed by atoms with E-state index in [2.05, 4.69) is 4.36 Å². The molecular formula is C3H6INOS. The summed E-state index contributed by atoms with van der Waals surface area (Å²) in [7, 11) is 0. The zero-order valence-corrected chi connectivity index (χ0v) is 6.74. The molecule has 0 aromatic heterocycles. The second-order valence-electron chi connectivity index (χ2n) is 1.47. The molecule has 4 heteroatoms. The van der Waals surface area contributed by atoms with Crippen molar-refractivity contribution in [3.8, 4) is 0 Å². The van der Waals surface area contributed by atoms with E-state index in [1.165, 1.54) is 0 Å². The lowest BCUT2D eigenvalue weighted by atomic mass is 10.5. The van der Waals surface area contributed by atoms with E-state index in [-0.39, 0.29) is 0 Å². The van der Waals surface area contributed by atoms with Gasteiger partial charge in [0.15, 0.2) is 0 Å². The van der Waals surface area contributed by atoms with Crippen molar-refractivity contribution in [1.82, 2.24) is 0 Å². The Morgan fingerprint density at radius 2 is 2.43 bits per heavy atom. The Labute approximate surface area is 55.5 Å². The van der Waals surface area contributed by atoms with Gasteiger partial charge >= 0.3 is 0 Å². The molecule has 0 spiro atoms. The zero-order chi connectivity index (χ0) is 5.33. The first-order valence-electron chi connectivity index (χ1n) is 2.11. The Hall–Kier alpha value is 0.680. The van der Waals surface area contributed by atoms with Crippen molar-refractivity contribution in [2.75, 3.05) is 12.3 Å². The van der Waals surface area contributed by atoms with Crippen molar-refractivity contribution in [2.45, 2.75) is 6.42 Å². The molecule has 0 radical (unpaired) electrons. The van der Waals surface area contributed by atoms with Crippen LogP contribution >= 0.6 is 21.2 Å². The molecular weight excluding hydrogens is 225 g/mol. The summed E-state index contributed by atoms with van der Waals surface area (Å²) in [5, 5.41) is 0. The average molecular weight is 231 g/mol. The van der Waals surface area contributed by atoms with Crippen molar-refractivity contribution < 1.29 is 4.21 Å². The summed E-state index contributed by atoms with van der Waals surface area (Å²) in [6.07, 6.45) is 1.02. The first-order chi connectivity index (χ1) is 3.21. The molecule has 0 saturated heterocycles. The van der Waals surface area contributed by atoms with Crippen molar-refractivity contribution in [3.05, 3.63) is 0 Å². The van der Waals surface area contributed by atoms with Gasteiger partial charge in [-0.25, -0.2) is 8.57 Å². The van der Waals surface area contributed by atoms with E-state index in [0.717, 1.165) is 18.7 Å². The zero-order valence-electron chi connectivity index (χ0n) is 3.76. The molecule has 1 unspecified atom stereocenters. The molecule has 0 fully saturated rings. The van der Waals surface area contributed by atoms with Crippen LogP contribution in [0.15, 0.2) is 4.36 Å². The van der Waals surface area contributed by atoms with Gasteiger partial charge in [0.1, 0.15) is 6.90 Å². The monoisotopic (exact) mass is 231 g/mol. The number of halogens is 1. The maximum absolute atomic E-state index is 10.8. The maximum Gasteiger partial charge on any atom is 0.102 e. The van der Waals surface area contributed by atoms with E-state index >= 15 is 0 Å². The molecule has 0 bridgehead atoms. The predicted molar refractivity (Wildman–Crippen MR) is 38.9 cm³/mol. The van der Waals surface area contributed by atoms with Crippen LogP contribution < -0.4 is 0 Å². The first kappa shape index (κ1) is 5.81. The lowest BCUT2D eigenvalue weighted by Crippen LogP contribution is -1.84. The van der Waals surface area contributed by atoms with Gasteiger partial charge < -0.3 is 0 Å². The van der Waals surface area contributed by atoms with Crippen LogP contribution in [-0.4, -0.2) is 16.5 Å². The Morgan fingerprint density at radius 1 is 1.71 bits per heavy atom. The molecule has 42 valence electrons. The fourth-order valence-corrected chi connectivity index (χ4v) is 3.05. The second kappa shape index (κ2) is 1.89. The molecule has 1 aliphatic heterocycles. The standard InChI is InChI=1S/C3H6INOS/c4-7(6)3-1-2-5-7/h1-3H2. The third-order valence-electron chi connectivity index (χ3n) is 0.838. The molecule has 0 aromatic rings. The number of hydrogen-bond donors (Lipinski definition) is 0. The minimum atomic E-state index is -1.70. The summed E-state index contributed by atoms with van der Waals surface area (Å²) >= 11 is 1.93. The van der Waals surface area contributed by atoms with Gasteiger partial charge in [-0.3, -0.25) is 0 Å².